The number of carboxylic acid groups (broad SMARTS) is 1. The van der Waals surface area contributed by atoms with Crippen LogP contribution in [0.3, 0.4) is 0 Å². The maximum Gasteiger partial charge on any atom is 0.319 e. The summed E-state index contributed by atoms with van der Waals surface area (Å²) >= 11 is 0. The van der Waals surface area contributed by atoms with Gasteiger partial charge in [-0.15, -0.1) is 0 Å². The van der Waals surface area contributed by atoms with E-state index < -0.39 is 11.4 Å². The molecule has 0 radical (unpaired) electrons. The first-order valence-corrected chi connectivity index (χ1v) is 15.3. The van der Waals surface area contributed by atoms with Crippen molar-refractivity contribution in [1.82, 2.24) is 5.32 Å². The number of ether oxygens (including phenoxy) is 1. The minimum atomic E-state index is -0.729. The quantitative estimate of drug-likeness (QED) is 0.413. The van der Waals surface area contributed by atoms with Crippen LogP contribution in [0.25, 0.3) is 0 Å². The molecule has 0 aromatic heterocycles. The minimum Gasteiger partial charge on any atom is -0.481 e. The normalized spacial score (nSPS) is 48.5. The highest BCUT2D eigenvalue weighted by atomic mass is 16.5. The van der Waals surface area contributed by atoms with Gasteiger partial charge in [-0.05, 0) is 110 Å². The molecule has 6 heteroatoms. The van der Waals surface area contributed by atoms with Crippen molar-refractivity contribution in [2.45, 2.75) is 112 Å². The number of fused-ring (bicyclic) bond motifs is 7. The van der Waals surface area contributed by atoms with Gasteiger partial charge in [-0.25, -0.2) is 0 Å². The number of aliphatic carboxylic acids is 1. The summed E-state index contributed by atoms with van der Waals surface area (Å²) in [5, 5.41) is 13.6. The lowest BCUT2D eigenvalue weighted by Crippen LogP contribution is -2.67. The molecule has 9 atom stereocenters. The maximum absolute atomic E-state index is 14.4. The van der Waals surface area contributed by atoms with E-state index >= 15 is 0 Å². The molecule has 0 amide bonds. The predicted molar refractivity (Wildman–Crippen MR) is 151 cm³/mol. The molecule has 5 aliphatic carbocycles. The van der Waals surface area contributed by atoms with Crippen LogP contribution in [0, 0.1) is 50.2 Å². The lowest BCUT2D eigenvalue weighted by molar-refractivity contribution is -0.189. The Kier molecular flexibility index (Phi) is 6.58. The van der Waals surface area contributed by atoms with E-state index in [0.29, 0.717) is 18.8 Å². The molecule has 0 bridgehead atoms. The summed E-state index contributed by atoms with van der Waals surface area (Å²) < 4.78 is 4.88. The van der Waals surface area contributed by atoms with Crippen LogP contribution in [0.1, 0.15) is 106 Å². The second-order valence-corrected chi connectivity index (χ2v) is 15.9. The van der Waals surface area contributed by atoms with Gasteiger partial charge in [-0.3, -0.25) is 14.4 Å². The van der Waals surface area contributed by atoms with Crippen LogP contribution in [-0.2, 0) is 19.1 Å². The predicted octanol–water partition coefficient (Wildman–Crippen LogP) is 6.18. The number of carbonyl (C=O) groups is 3. The second-order valence-electron chi connectivity index (χ2n) is 15.9. The summed E-state index contributed by atoms with van der Waals surface area (Å²) in [4.78, 5) is 38.6. The van der Waals surface area contributed by atoms with Crippen LogP contribution in [0.4, 0.5) is 0 Å². The fourth-order valence-electron chi connectivity index (χ4n) is 11.0. The Bertz CT molecular complexity index is 1110. The summed E-state index contributed by atoms with van der Waals surface area (Å²) in [7, 11) is 1.43. The zero-order valence-electron chi connectivity index (χ0n) is 25.5. The molecule has 0 spiro atoms. The molecule has 0 saturated heterocycles. The first-order valence-electron chi connectivity index (χ1n) is 15.3. The first kappa shape index (κ1) is 28.8. The van der Waals surface area contributed by atoms with Gasteiger partial charge in [-0.1, -0.05) is 47.1 Å². The number of methoxy groups -OCH3 is 1. The Morgan fingerprint density at radius 3 is 2.28 bits per heavy atom. The highest BCUT2D eigenvalue weighted by molar-refractivity contribution is 5.95. The number of rotatable bonds is 4. The molecule has 39 heavy (non-hydrogen) atoms. The highest BCUT2D eigenvalue weighted by Gasteiger charge is 2.70. The van der Waals surface area contributed by atoms with Crippen LogP contribution in [0.2, 0.25) is 0 Å². The van der Waals surface area contributed by atoms with Crippen molar-refractivity contribution in [2.24, 2.45) is 50.2 Å². The number of carbonyl (C=O) groups excluding carboxylic acids is 2. The maximum atomic E-state index is 14.4. The van der Waals surface area contributed by atoms with Crippen molar-refractivity contribution in [3.63, 3.8) is 0 Å². The number of hydrogen-bond donors (Lipinski definition) is 2. The fraction of sp³-hybridized carbons (Fsp3) is 0.848. The van der Waals surface area contributed by atoms with Crippen molar-refractivity contribution in [3.05, 3.63) is 11.6 Å². The van der Waals surface area contributed by atoms with Crippen LogP contribution < -0.4 is 5.32 Å². The Labute approximate surface area is 235 Å². The number of allylic oxidation sites excluding steroid dienone is 2. The SMILES string of the molecule is COC(=O)CN[C@H]1CC[C@]2(C)[C@H]3C(=O)C=C4[C@@H]5C[C@@](C)(C(=O)O)CC[C@]5(C)CC[C@@]4(C)[C@]3(C)CC[C@H]2C1(C)C. The van der Waals surface area contributed by atoms with Crippen molar-refractivity contribution < 1.29 is 24.2 Å². The van der Waals surface area contributed by atoms with Crippen LogP contribution >= 0.6 is 0 Å². The number of hydrogen-bond acceptors (Lipinski definition) is 5. The average molecular weight is 542 g/mol. The molecule has 0 aliphatic heterocycles. The van der Waals surface area contributed by atoms with E-state index in [1.165, 1.54) is 12.7 Å². The van der Waals surface area contributed by atoms with Crippen LogP contribution in [-0.4, -0.2) is 42.5 Å². The summed E-state index contributed by atoms with van der Waals surface area (Å²) in [5.41, 5.74) is 0.159. The lowest BCUT2D eigenvalue weighted by atomic mass is 9.33. The molecule has 6 nitrogen and oxygen atoms in total. The Hall–Kier alpha value is -1.69. The zero-order chi connectivity index (χ0) is 28.8. The van der Waals surface area contributed by atoms with Crippen molar-refractivity contribution >= 4 is 17.7 Å². The third-order valence-corrected chi connectivity index (χ3v) is 13.8. The molecule has 218 valence electrons. The van der Waals surface area contributed by atoms with Gasteiger partial charge < -0.3 is 15.2 Å². The van der Waals surface area contributed by atoms with E-state index in [2.05, 4.69) is 46.9 Å². The number of carboxylic acids is 1. The van der Waals surface area contributed by atoms with Gasteiger partial charge in [0.15, 0.2) is 5.78 Å². The third kappa shape index (κ3) is 3.85. The monoisotopic (exact) mass is 541 g/mol. The van der Waals surface area contributed by atoms with E-state index in [9.17, 15) is 19.5 Å². The van der Waals surface area contributed by atoms with Gasteiger partial charge >= 0.3 is 11.9 Å². The summed E-state index contributed by atoms with van der Waals surface area (Å²) in [5.74, 6) is -0.190. The van der Waals surface area contributed by atoms with Gasteiger partial charge in [0, 0.05) is 12.0 Å². The Morgan fingerprint density at radius 1 is 0.974 bits per heavy atom. The number of esters is 1. The molecule has 0 unspecified atom stereocenters. The molecule has 5 rings (SSSR count). The lowest BCUT2D eigenvalue weighted by Gasteiger charge is -2.70. The molecule has 0 heterocycles. The van der Waals surface area contributed by atoms with Gasteiger partial charge in [0.2, 0.25) is 0 Å². The fourth-order valence-corrected chi connectivity index (χ4v) is 11.0. The van der Waals surface area contributed by atoms with E-state index in [-0.39, 0.29) is 63.2 Å². The molecule has 0 aromatic carbocycles. The molecule has 5 aliphatic rings. The summed E-state index contributed by atoms with van der Waals surface area (Å²) in [6.07, 6.45) is 10.4. The molecule has 4 saturated carbocycles. The van der Waals surface area contributed by atoms with Crippen molar-refractivity contribution in [3.8, 4) is 0 Å². The van der Waals surface area contributed by atoms with Crippen LogP contribution in [0.5, 0.6) is 0 Å². The average Bonchev–Trinajstić information content (AvgIpc) is 2.85. The molecular weight excluding hydrogens is 490 g/mol. The van der Waals surface area contributed by atoms with Crippen LogP contribution in [0.15, 0.2) is 11.6 Å². The Morgan fingerprint density at radius 2 is 1.64 bits per heavy atom. The Balaban J connectivity index is 1.52. The highest BCUT2D eigenvalue weighted by Crippen LogP contribution is 2.75. The van der Waals surface area contributed by atoms with Crippen molar-refractivity contribution in [1.29, 1.82) is 0 Å². The van der Waals surface area contributed by atoms with Gasteiger partial charge in [0.05, 0.1) is 19.1 Å². The number of nitrogens with one attached hydrogen (secondary N) is 1. The smallest absolute Gasteiger partial charge is 0.319 e. The molecule has 4 fully saturated rings. The van der Waals surface area contributed by atoms with E-state index in [1.807, 2.05) is 13.0 Å². The molecule has 2 N–H and O–H groups in total. The number of ketones is 1. The molecule has 0 aromatic rings. The summed E-state index contributed by atoms with van der Waals surface area (Å²) in [6.45, 7) is 16.3. The zero-order valence-corrected chi connectivity index (χ0v) is 25.5. The second kappa shape index (κ2) is 8.90. The van der Waals surface area contributed by atoms with E-state index in [0.717, 1.165) is 44.9 Å². The van der Waals surface area contributed by atoms with Crippen molar-refractivity contribution in [2.75, 3.05) is 13.7 Å². The van der Waals surface area contributed by atoms with Gasteiger partial charge in [0.1, 0.15) is 0 Å². The van der Waals surface area contributed by atoms with E-state index in [4.69, 9.17) is 4.74 Å². The van der Waals surface area contributed by atoms with E-state index in [1.54, 1.807) is 0 Å². The minimum absolute atomic E-state index is 0.0443. The van der Waals surface area contributed by atoms with Gasteiger partial charge in [0.25, 0.3) is 0 Å². The topological polar surface area (TPSA) is 92.7 Å². The third-order valence-electron chi connectivity index (χ3n) is 13.8. The largest absolute Gasteiger partial charge is 0.481 e. The molecular formula is C33H51NO5. The standard InChI is InChI=1S/C33H51NO5/c1-28(2)23-9-12-33(7)26(31(23,5)11-10-24(28)34-19-25(36)39-8)22(35)17-20-21-18-30(4,27(37)38)14-13-29(21,3)15-16-32(20,33)6/h17,21,23-24,26,34H,9-16,18-19H2,1-8H3,(H,37,38)/t21-,23-,24-,26+,29+,30-,31-,32+,33+/m0/s1. The summed E-state index contributed by atoms with van der Waals surface area (Å²) in [6, 6.07) is 0.200. The first-order chi connectivity index (χ1) is 18.0. The van der Waals surface area contributed by atoms with Gasteiger partial charge in [-0.2, -0.15) is 0 Å².